The molecule has 4 rings (SSSR count). The maximum absolute atomic E-state index is 13.0. The second kappa shape index (κ2) is 10.1. The van der Waals surface area contributed by atoms with Crippen LogP contribution in [0.4, 0.5) is 0 Å². The number of nitrogens with one attached hydrogen (secondary N) is 1. The van der Waals surface area contributed by atoms with Crippen LogP contribution < -0.4 is 14.8 Å². The van der Waals surface area contributed by atoms with Crippen LogP contribution in [0.2, 0.25) is 0 Å². The third-order valence-corrected chi connectivity index (χ3v) is 8.22. The van der Waals surface area contributed by atoms with Crippen LogP contribution in [-0.2, 0) is 16.3 Å². The number of aryl methyl sites for hydroxylation is 2. The molecule has 1 aromatic heterocycles. The van der Waals surface area contributed by atoms with Gasteiger partial charge in [-0.25, -0.2) is 8.42 Å². The van der Waals surface area contributed by atoms with Crippen LogP contribution in [0.5, 0.6) is 11.5 Å². The van der Waals surface area contributed by atoms with Crippen molar-refractivity contribution in [2.75, 3.05) is 32.3 Å². The number of methoxy groups -OCH3 is 2. The largest absolute Gasteiger partial charge is 0.493 e. The lowest BCUT2D eigenvalue weighted by Crippen LogP contribution is -2.26. The highest BCUT2D eigenvalue weighted by Crippen LogP contribution is 2.31. The van der Waals surface area contributed by atoms with Crippen LogP contribution in [0.3, 0.4) is 0 Å². The highest BCUT2D eigenvalue weighted by molar-refractivity contribution is 7.91. The number of hydrogen-bond acceptors (Lipinski definition) is 6. The fraction of sp³-hybridized carbons (Fsp3) is 0.385. The molecule has 0 aliphatic carbocycles. The lowest BCUT2D eigenvalue weighted by atomic mass is 10.0. The summed E-state index contributed by atoms with van der Waals surface area (Å²) in [4.78, 5) is 13.0. The number of hydrogen-bond donors (Lipinski definition) is 1. The molecular formula is C26H31N3O5S. The van der Waals surface area contributed by atoms with Crippen molar-refractivity contribution in [3.8, 4) is 22.8 Å². The first-order valence-corrected chi connectivity index (χ1v) is 13.4. The predicted octanol–water partition coefficient (Wildman–Crippen LogP) is 3.52. The third-order valence-electron chi connectivity index (χ3n) is 6.47. The van der Waals surface area contributed by atoms with Crippen molar-refractivity contribution in [1.29, 1.82) is 0 Å². The fourth-order valence-corrected chi connectivity index (χ4v) is 6.01. The van der Waals surface area contributed by atoms with Gasteiger partial charge in [-0.3, -0.25) is 9.48 Å². The molecule has 0 unspecified atom stereocenters. The van der Waals surface area contributed by atoms with Gasteiger partial charge in [-0.15, -0.1) is 0 Å². The van der Waals surface area contributed by atoms with Gasteiger partial charge in [0, 0.05) is 12.1 Å². The Labute approximate surface area is 206 Å². The smallest absolute Gasteiger partial charge is 0.271 e. The van der Waals surface area contributed by atoms with Gasteiger partial charge in [0.15, 0.2) is 27.0 Å². The second-order valence-corrected chi connectivity index (χ2v) is 11.1. The minimum absolute atomic E-state index is 0.0346. The van der Waals surface area contributed by atoms with E-state index in [0.29, 0.717) is 30.9 Å². The Bertz CT molecular complexity index is 1350. The van der Waals surface area contributed by atoms with Gasteiger partial charge >= 0.3 is 0 Å². The number of carbonyl (C=O) groups is 1. The van der Waals surface area contributed by atoms with Crippen LogP contribution in [-0.4, -0.2) is 56.4 Å². The lowest BCUT2D eigenvalue weighted by Gasteiger charge is -2.14. The molecule has 0 bridgehead atoms. The highest BCUT2D eigenvalue weighted by atomic mass is 32.2. The first kappa shape index (κ1) is 24.8. The van der Waals surface area contributed by atoms with Crippen molar-refractivity contribution < 1.29 is 22.7 Å². The van der Waals surface area contributed by atoms with Crippen LogP contribution in [0.1, 0.15) is 39.6 Å². The summed E-state index contributed by atoms with van der Waals surface area (Å²) in [7, 11) is 0.0684. The maximum Gasteiger partial charge on any atom is 0.271 e. The molecule has 186 valence electrons. The molecule has 1 aliphatic heterocycles. The summed E-state index contributed by atoms with van der Waals surface area (Å²) >= 11 is 0. The van der Waals surface area contributed by atoms with E-state index < -0.39 is 9.84 Å². The van der Waals surface area contributed by atoms with Gasteiger partial charge in [0.05, 0.1) is 37.5 Å². The van der Waals surface area contributed by atoms with E-state index in [1.54, 1.807) is 25.0 Å². The molecule has 2 heterocycles. The summed E-state index contributed by atoms with van der Waals surface area (Å²) in [6, 6.07) is 13.2. The van der Waals surface area contributed by atoms with E-state index in [9.17, 15) is 13.2 Å². The Balaban J connectivity index is 1.54. The molecular weight excluding hydrogens is 466 g/mol. The van der Waals surface area contributed by atoms with E-state index in [-0.39, 0.29) is 29.1 Å². The monoisotopic (exact) mass is 497 g/mol. The van der Waals surface area contributed by atoms with Gasteiger partial charge in [0.25, 0.3) is 5.91 Å². The zero-order valence-corrected chi connectivity index (χ0v) is 21.3. The van der Waals surface area contributed by atoms with E-state index >= 15 is 0 Å². The summed E-state index contributed by atoms with van der Waals surface area (Å²) in [5.74, 6) is 1.16. The minimum Gasteiger partial charge on any atom is -0.493 e. The first-order valence-electron chi connectivity index (χ1n) is 11.6. The van der Waals surface area contributed by atoms with Gasteiger partial charge in [-0.1, -0.05) is 18.2 Å². The number of carbonyl (C=O) groups excluding carboxylic acids is 1. The molecule has 35 heavy (non-hydrogen) atoms. The molecule has 0 spiro atoms. The second-order valence-electron chi connectivity index (χ2n) is 8.91. The Kier molecular flexibility index (Phi) is 7.16. The molecule has 1 saturated heterocycles. The fourth-order valence-electron chi connectivity index (χ4n) is 4.32. The molecule has 3 aromatic rings. The van der Waals surface area contributed by atoms with E-state index in [1.807, 2.05) is 50.2 Å². The average Bonchev–Trinajstić information content (AvgIpc) is 3.44. The molecule has 1 aliphatic rings. The summed E-state index contributed by atoms with van der Waals surface area (Å²) in [6.07, 6.45) is 1.10. The van der Waals surface area contributed by atoms with Crippen LogP contribution in [0.15, 0.2) is 42.5 Å². The zero-order valence-electron chi connectivity index (χ0n) is 20.5. The summed E-state index contributed by atoms with van der Waals surface area (Å²) in [6.45, 7) is 4.48. The molecule has 0 saturated carbocycles. The number of aromatic nitrogens is 2. The molecule has 1 N–H and O–H groups in total. The van der Waals surface area contributed by atoms with Crippen molar-refractivity contribution in [3.05, 3.63) is 64.8 Å². The number of nitrogens with zero attached hydrogens (tertiary/aromatic N) is 2. The van der Waals surface area contributed by atoms with Crippen molar-refractivity contribution >= 4 is 15.7 Å². The summed E-state index contributed by atoms with van der Waals surface area (Å²) < 4.78 is 36.6. The van der Waals surface area contributed by atoms with Crippen LogP contribution >= 0.6 is 0 Å². The minimum atomic E-state index is -3.10. The van der Waals surface area contributed by atoms with Crippen molar-refractivity contribution in [2.24, 2.45) is 0 Å². The number of amides is 1. The highest BCUT2D eigenvalue weighted by Gasteiger charge is 2.32. The summed E-state index contributed by atoms with van der Waals surface area (Å²) in [5.41, 5.74) is 5.22. The van der Waals surface area contributed by atoms with E-state index in [0.717, 1.165) is 27.9 Å². The van der Waals surface area contributed by atoms with Gasteiger partial charge < -0.3 is 14.8 Å². The molecule has 9 heteroatoms. The standard InChI is InChI=1S/C26H31N3O5S/c1-17-5-7-20(13-18(17)2)23-15-22(28-29(23)21-10-12-35(31,32)16-21)26(30)27-11-9-19-6-8-24(33-3)25(14-19)34-4/h5-8,13-15,21H,9-12,16H2,1-4H3,(H,27,30)/t21-/m1/s1. The molecule has 1 fully saturated rings. The maximum atomic E-state index is 13.0. The van der Waals surface area contributed by atoms with Crippen molar-refractivity contribution in [1.82, 2.24) is 15.1 Å². The molecule has 0 radical (unpaired) electrons. The van der Waals surface area contributed by atoms with Crippen LogP contribution in [0, 0.1) is 13.8 Å². The van der Waals surface area contributed by atoms with Crippen LogP contribution in [0.25, 0.3) is 11.3 Å². The number of benzene rings is 2. The van der Waals surface area contributed by atoms with Gasteiger partial charge in [0.1, 0.15) is 0 Å². The van der Waals surface area contributed by atoms with Crippen molar-refractivity contribution in [3.63, 3.8) is 0 Å². The molecule has 8 nitrogen and oxygen atoms in total. The number of ether oxygens (including phenoxy) is 2. The van der Waals surface area contributed by atoms with Crippen molar-refractivity contribution in [2.45, 2.75) is 32.7 Å². The zero-order chi connectivity index (χ0) is 25.2. The van der Waals surface area contributed by atoms with Gasteiger partial charge in [-0.05, 0) is 67.6 Å². The van der Waals surface area contributed by atoms with Gasteiger partial charge in [-0.2, -0.15) is 5.10 Å². The van der Waals surface area contributed by atoms with E-state index in [1.165, 1.54) is 0 Å². The van der Waals surface area contributed by atoms with E-state index in [2.05, 4.69) is 10.4 Å². The summed E-state index contributed by atoms with van der Waals surface area (Å²) in [5, 5.41) is 7.49. The predicted molar refractivity (Wildman–Crippen MR) is 135 cm³/mol. The van der Waals surface area contributed by atoms with Gasteiger partial charge in [0.2, 0.25) is 0 Å². The Morgan fingerprint density at radius 2 is 1.83 bits per heavy atom. The quantitative estimate of drug-likeness (QED) is 0.511. The molecule has 1 atom stereocenters. The SMILES string of the molecule is COc1ccc(CCNC(=O)c2cc(-c3ccc(C)c(C)c3)n([C@@H]3CCS(=O)(=O)C3)n2)cc1OC. The Morgan fingerprint density at radius 1 is 1.06 bits per heavy atom. The Morgan fingerprint density at radius 3 is 2.49 bits per heavy atom. The normalized spacial score (nSPS) is 16.7. The third kappa shape index (κ3) is 5.51. The average molecular weight is 498 g/mol. The Hall–Kier alpha value is -3.33. The first-order chi connectivity index (χ1) is 16.7. The van der Waals surface area contributed by atoms with E-state index in [4.69, 9.17) is 9.47 Å². The molecule has 2 aromatic carbocycles. The topological polar surface area (TPSA) is 99.5 Å². The number of sulfone groups is 1. The lowest BCUT2D eigenvalue weighted by molar-refractivity contribution is 0.0948. The molecule has 1 amide bonds. The number of rotatable bonds is 8.